The molecule has 0 aliphatic heterocycles. The van der Waals surface area contributed by atoms with E-state index in [-0.39, 0.29) is 18.9 Å². The topological polar surface area (TPSA) is 84.9 Å². The number of sulfonamides is 1. The second-order valence-corrected chi connectivity index (χ2v) is 9.27. The lowest BCUT2D eigenvalue weighted by atomic mass is 10.1. The first-order chi connectivity index (χ1) is 14.8. The normalized spacial score (nSPS) is 11.1. The molecule has 1 N–H and O–H groups in total. The van der Waals surface area contributed by atoms with Crippen LogP contribution in [0, 0.1) is 6.92 Å². The predicted molar refractivity (Wildman–Crippen MR) is 123 cm³/mol. The minimum atomic E-state index is -3.42. The lowest BCUT2D eigenvalue weighted by Gasteiger charge is -2.24. The number of ether oxygens (including phenoxy) is 2. The van der Waals surface area contributed by atoms with E-state index in [0.29, 0.717) is 30.2 Å². The fraction of sp³-hybridized carbons (Fsp3) is 0.435. The van der Waals surface area contributed by atoms with Gasteiger partial charge in [0.25, 0.3) is 0 Å². The third-order valence-corrected chi connectivity index (χ3v) is 6.14. The van der Waals surface area contributed by atoms with Crippen molar-refractivity contribution in [2.45, 2.75) is 32.6 Å². The summed E-state index contributed by atoms with van der Waals surface area (Å²) in [4.78, 5) is 12.2. The number of aryl methyl sites for hydroxylation is 2. The van der Waals surface area contributed by atoms with Crippen molar-refractivity contribution >= 4 is 21.6 Å². The van der Waals surface area contributed by atoms with Crippen molar-refractivity contribution in [3.05, 3.63) is 53.6 Å². The number of carbonyl (C=O) groups excluding carboxylic acids is 1. The number of hydrogen-bond donors (Lipinski definition) is 1. The average Bonchev–Trinajstić information content (AvgIpc) is 2.74. The second kappa shape index (κ2) is 11.6. The van der Waals surface area contributed by atoms with E-state index < -0.39 is 10.0 Å². The molecule has 31 heavy (non-hydrogen) atoms. The summed E-state index contributed by atoms with van der Waals surface area (Å²) in [6.45, 7) is 2.70. The molecule has 0 heterocycles. The van der Waals surface area contributed by atoms with Gasteiger partial charge in [0, 0.05) is 19.5 Å². The van der Waals surface area contributed by atoms with Crippen LogP contribution in [0.15, 0.2) is 42.5 Å². The first-order valence-electron chi connectivity index (χ1n) is 10.3. The Morgan fingerprint density at radius 1 is 1.03 bits per heavy atom. The van der Waals surface area contributed by atoms with Crippen molar-refractivity contribution in [2.24, 2.45) is 0 Å². The summed E-state index contributed by atoms with van der Waals surface area (Å²) >= 11 is 0. The Hall–Kier alpha value is -2.74. The van der Waals surface area contributed by atoms with E-state index in [0.717, 1.165) is 24.0 Å². The van der Waals surface area contributed by atoms with Gasteiger partial charge in [0.1, 0.15) is 0 Å². The van der Waals surface area contributed by atoms with E-state index >= 15 is 0 Å². The summed E-state index contributed by atoms with van der Waals surface area (Å²) in [7, 11) is -0.215. The fourth-order valence-corrected chi connectivity index (χ4v) is 4.36. The van der Waals surface area contributed by atoms with Crippen LogP contribution in [0.5, 0.6) is 11.5 Å². The minimum Gasteiger partial charge on any atom is -0.493 e. The molecule has 0 spiro atoms. The average molecular weight is 449 g/mol. The Morgan fingerprint density at radius 2 is 1.74 bits per heavy atom. The molecule has 2 aromatic carbocycles. The van der Waals surface area contributed by atoms with Crippen LogP contribution >= 0.6 is 0 Å². The summed E-state index contributed by atoms with van der Waals surface area (Å²) in [6, 6.07) is 13.1. The molecule has 0 fully saturated rings. The lowest BCUT2D eigenvalue weighted by Crippen LogP contribution is -2.32. The number of para-hydroxylation sites is 1. The maximum atomic E-state index is 12.2. The standard InChI is InChI=1S/C23H32N2O5S/c1-18-9-5-6-11-20(18)25(31(4,27)28)16-8-12-23(26)24-15-7-10-19-13-14-21(29-2)22(17-19)30-3/h5-6,9,11,13-14,17H,7-8,10,12,15-16H2,1-4H3,(H,24,26). The summed E-state index contributed by atoms with van der Waals surface area (Å²) in [5, 5.41) is 2.90. The number of anilines is 1. The van der Waals surface area contributed by atoms with E-state index in [4.69, 9.17) is 9.47 Å². The maximum absolute atomic E-state index is 12.2. The van der Waals surface area contributed by atoms with Crippen molar-refractivity contribution in [2.75, 3.05) is 37.9 Å². The number of hydrogen-bond acceptors (Lipinski definition) is 5. The molecular formula is C23H32N2O5S. The molecule has 1 amide bonds. The Bertz CT molecular complexity index is 976. The van der Waals surface area contributed by atoms with Crippen molar-refractivity contribution in [3.63, 3.8) is 0 Å². The van der Waals surface area contributed by atoms with Crippen LogP contribution in [-0.2, 0) is 21.2 Å². The van der Waals surface area contributed by atoms with Crippen LogP contribution in [0.3, 0.4) is 0 Å². The van der Waals surface area contributed by atoms with Crippen molar-refractivity contribution < 1.29 is 22.7 Å². The van der Waals surface area contributed by atoms with E-state index in [1.54, 1.807) is 20.3 Å². The van der Waals surface area contributed by atoms with Gasteiger partial charge in [-0.2, -0.15) is 0 Å². The Morgan fingerprint density at radius 3 is 2.39 bits per heavy atom. The Kier molecular flexibility index (Phi) is 9.18. The smallest absolute Gasteiger partial charge is 0.232 e. The van der Waals surface area contributed by atoms with Gasteiger partial charge in [-0.15, -0.1) is 0 Å². The van der Waals surface area contributed by atoms with Crippen molar-refractivity contribution in [1.82, 2.24) is 5.32 Å². The number of rotatable bonds is 12. The van der Waals surface area contributed by atoms with Crippen LogP contribution in [0.2, 0.25) is 0 Å². The molecule has 0 unspecified atom stereocenters. The van der Waals surface area contributed by atoms with Gasteiger partial charge in [-0.25, -0.2) is 8.42 Å². The number of methoxy groups -OCH3 is 2. The molecular weight excluding hydrogens is 416 g/mol. The van der Waals surface area contributed by atoms with Crippen LogP contribution in [0.25, 0.3) is 0 Å². The number of benzene rings is 2. The van der Waals surface area contributed by atoms with Gasteiger partial charge in [0.2, 0.25) is 15.9 Å². The van der Waals surface area contributed by atoms with Gasteiger partial charge in [0.15, 0.2) is 11.5 Å². The first-order valence-corrected chi connectivity index (χ1v) is 12.1. The molecule has 0 bridgehead atoms. The monoisotopic (exact) mass is 448 g/mol. The largest absolute Gasteiger partial charge is 0.493 e. The molecule has 0 aromatic heterocycles. The molecule has 0 aliphatic rings. The van der Waals surface area contributed by atoms with Gasteiger partial charge in [-0.05, 0) is 55.5 Å². The third kappa shape index (κ3) is 7.47. The van der Waals surface area contributed by atoms with Gasteiger partial charge in [-0.3, -0.25) is 9.10 Å². The van der Waals surface area contributed by atoms with E-state index in [2.05, 4.69) is 5.32 Å². The molecule has 7 nitrogen and oxygen atoms in total. The molecule has 0 atom stereocenters. The highest BCUT2D eigenvalue weighted by atomic mass is 32.2. The second-order valence-electron chi connectivity index (χ2n) is 7.37. The van der Waals surface area contributed by atoms with Gasteiger partial charge in [0.05, 0.1) is 26.2 Å². The predicted octanol–water partition coefficient (Wildman–Crippen LogP) is 3.31. The van der Waals surface area contributed by atoms with E-state index in [1.807, 2.05) is 43.3 Å². The SMILES string of the molecule is COc1ccc(CCCNC(=O)CCCN(c2ccccc2C)S(C)(=O)=O)cc1OC. The first kappa shape index (κ1) is 24.5. The summed E-state index contributed by atoms with van der Waals surface area (Å²) in [5.41, 5.74) is 2.64. The molecule has 0 saturated carbocycles. The zero-order chi connectivity index (χ0) is 22.9. The quantitative estimate of drug-likeness (QED) is 0.504. The molecule has 2 aromatic rings. The van der Waals surface area contributed by atoms with Crippen LogP contribution in [-0.4, -0.2) is 47.9 Å². The van der Waals surface area contributed by atoms with Crippen molar-refractivity contribution in [1.29, 1.82) is 0 Å². The Balaban J connectivity index is 1.77. The number of nitrogens with one attached hydrogen (secondary N) is 1. The van der Waals surface area contributed by atoms with E-state index in [9.17, 15) is 13.2 Å². The van der Waals surface area contributed by atoms with Crippen LogP contribution in [0.1, 0.15) is 30.4 Å². The zero-order valence-electron chi connectivity index (χ0n) is 18.7. The Labute approximate surface area is 185 Å². The molecule has 2 rings (SSSR count). The van der Waals surface area contributed by atoms with Gasteiger partial charge < -0.3 is 14.8 Å². The highest BCUT2D eigenvalue weighted by Crippen LogP contribution is 2.28. The van der Waals surface area contributed by atoms with Gasteiger partial charge in [-0.1, -0.05) is 24.3 Å². The molecule has 0 radical (unpaired) electrons. The summed E-state index contributed by atoms with van der Waals surface area (Å²) in [5.74, 6) is 1.30. The highest BCUT2D eigenvalue weighted by Gasteiger charge is 2.19. The molecule has 0 aliphatic carbocycles. The number of amides is 1. The van der Waals surface area contributed by atoms with Gasteiger partial charge >= 0.3 is 0 Å². The van der Waals surface area contributed by atoms with E-state index in [1.165, 1.54) is 10.6 Å². The van der Waals surface area contributed by atoms with Crippen LogP contribution in [0.4, 0.5) is 5.69 Å². The summed E-state index contributed by atoms with van der Waals surface area (Å²) in [6.07, 6.45) is 3.50. The van der Waals surface area contributed by atoms with Crippen molar-refractivity contribution in [3.8, 4) is 11.5 Å². The zero-order valence-corrected chi connectivity index (χ0v) is 19.5. The number of carbonyl (C=O) groups is 1. The molecule has 8 heteroatoms. The van der Waals surface area contributed by atoms with Crippen LogP contribution < -0.4 is 19.1 Å². The molecule has 0 saturated heterocycles. The lowest BCUT2D eigenvalue weighted by molar-refractivity contribution is -0.121. The minimum absolute atomic E-state index is 0.0782. The third-order valence-electron chi connectivity index (χ3n) is 4.96. The number of nitrogens with zero attached hydrogens (tertiary/aromatic N) is 1. The molecule has 170 valence electrons. The highest BCUT2D eigenvalue weighted by molar-refractivity contribution is 7.92. The maximum Gasteiger partial charge on any atom is 0.232 e. The fourth-order valence-electron chi connectivity index (χ4n) is 3.34. The summed E-state index contributed by atoms with van der Waals surface area (Å²) < 4.78 is 36.3.